The lowest BCUT2D eigenvalue weighted by Gasteiger charge is -2.31. The summed E-state index contributed by atoms with van der Waals surface area (Å²) in [5, 5.41) is 0. The topological polar surface area (TPSA) is 49.6 Å². The molecule has 0 bridgehead atoms. The van der Waals surface area contributed by atoms with Crippen LogP contribution in [-0.4, -0.2) is 42.4 Å². The fourth-order valence-electron chi connectivity index (χ4n) is 2.77. The Bertz CT molecular complexity index is 427. The number of nitrogens with zero attached hydrogens (tertiary/aromatic N) is 2. The molecule has 2 unspecified atom stereocenters. The zero-order valence-corrected chi connectivity index (χ0v) is 11.3. The van der Waals surface area contributed by atoms with Gasteiger partial charge in [0.25, 0.3) is 0 Å². The van der Waals surface area contributed by atoms with Crippen LogP contribution >= 0.6 is 0 Å². The number of amides is 1. The lowest BCUT2D eigenvalue weighted by Crippen LogP contribution is -2.37. The number of carbonyl (C=O) groups excluding carboxylic acids is 1. The fraction of sp³-hybridized carbons (Fsp3) is 0.500. The smallest absolute Gasteiger partial charge is 0.220 e. The van der Waals surface area contributed by atoms with E-state index in [1.165, 1.54) is 0 Å². The van der Waals surface area contributed by atoms with E-state index in [2.05, 4.69) is 19.0 Å². The molecule has 0 aromatic heterocycles. The van der Waals surface area contributed by atoms with Gasteiger partial charge in [-0.1, -0.05) is 12.1 Å². The Labute approximate surface area is 108 Å². The first kappa shape index (κ1) is 12.9. The summed E-state index contributed by atoms with van der Waals surface area (Å²) in [4.78, 5) is 15.9. The first-order valence-corrected chi connectivity index (χ1v) is 6.30. The average Bonchev–Trinajstić information content (AvgIpc) is 2.74. The molecule has 4 heteroatoms. The first-order valence-electron chi connectivity index (χ1n) is 6.30. The van der Waals surface area contributed by atoms with Crippen molar-refractivity contribution in [2.75, 3.05) is 26.4 Å². The maximum absolute atomic E-state index is 11.7. The van der Waals surface area contributed by atoms with E-state index in [0.29, 0.717) is 6.04 Å². The third-order valence-electron chi connectivity index (χ3n) is 3.71. The van der Waals surface area contributed by atoms with Crippen LogP contribution in [-0.2, 0) is 4.79 Å². The SMILES string of the molecule is CC(=O)N1CCC(N(C)C)C1c1ccc(N)cc1. The van der Waals surface area contributed by atoms with Gasteiger partial charge < -0.3 is 15.5 Å². The molecule has 1 fully saturated rings. The summed E-state index contributed by atoms with van der Waals surface area (Å²) >= 11 is 0. The lowest BCUT2D eigenvalue weighted by molar-refractivity contribution is -0.130. The molecule has 2 rings (SSSR count). The van der Waals surface area contributed by atoms with E-state index in [1.54, 1.807) is 6.92 Å². The Morgan fingerprint density at radius 3 is 2.44 bits per heavy atom. The molecule has 1 saturated heterocycles. The summed E-state index contributed by atoms with van der Waals surface area (Å²) in [6.45, 7) is 2.47. The number of hydrogen-bond acceptors (Lipinski definition) is 3. The predicted octanol–water partition coefficient (Wildman–Crippen LogP) is 1.49. The number of anilines is 1. The Morgan fingerprint density at radius 2 is 1.94 bits per heavy atom. The molecular weight excluding hydrogens is 226 g/mol. The van der Waals surface area contributed by atoms with Gasteiger partial charge in [0.15, 0.2) is 0 Å². The monoisotopic (exact) mass is 247 g/mol. The maximum atomic E-state index is 11.7. The van der Waals surface area contributed by atoms with Crippen LogP contribution in [0.25, 0.3) is 0 Å². The highest BCUT2D eigenvalue weighted by Gasteiger charge is 2.37. The van der Waals surface area contributed by atoms with Crippen molar-refractivity contribution in [3.05, 3.63) is 29.8 Å². The van der Waals surface area contributed by atoms with Crippen LogP contribution in [0.4, 0.5) is 5.69 Å². The van der Waals surface area contributed by atoms with Gasteiger partial charge in [-0.05, 0) is 38.2 Å². The molecule has 1 aliphatic rings. The standard InChI is InChI=1S/C14H21N3O/c1-10(18)17-9-8-13(16(2)3)14(17)11-4-6-12(15)7-5-11/h4-7,13-14H,8-9,15H2,1-3H3. The van der Waals surface area contributed by atoms with Crippen molar-refractivity contribution < 1.29 is 4.79 Å². The Balaban J connectivity index is 2.34. The van der Waals surface area contributed by atoms with Crippen LogP contribution in [0.15, 0.2) is 24.3 Å². The normalized spacial score (nSPS) is 23.7. The average molecular weight is 247 g/mol. The number of hydrogen-bond donors (Lipinski definition) is 1. The van der Waals surface area contributed by atoms with Gasteiger partial charge in [-0.15, -0.1) is 0 Å². The van der Waals surface area contributed by atoms with Crippen LogP contribution in [0.3, 0.4) is 0 Å². The molecule has 18 heavy (non-hydrogen) atoms. The van der Waals surface area contributed by atoms with E-state index in [1.807, 2.05) is 29.2 Å². The number of likely N-dealkylation sites (tertiary alicyclic amines) is 1. The predicted molar refractivity (Wildman–Crippen MR) is 73.1 cm³/mol. The largest absolute Gasteiger partial charge is 0.399 e. The van der Waals surface area contributed by atoms with Gasteiger partial charge in [-0.3, -0.25) is 4.79 Å². The maximum Gasteiger partial charge on any atom is 0.220 e. The van der Waals surface area contributed by atoms with E-state index in [4.69, 9.17) is 5.73 Å². The van der Waals surface area contributed by atoms with Crippen LogP contribution in [0.2, 0.25) is 0 Å². The number of nitrogen functional groups attached to an aromatic ring is 1. The molecule has 0 radical (unpaired) electrons. The van der Waals surface area contributed by atoms with E-state index in [-0.39, 0.29) is 11.9 Å². The second kappa shape index (κ2) is 4.98. The van der Waals surface area contributed by atoms with Crippen LogP contribution in [0.5, 0.6) is 0 Å². The van der Waals surface area contributed by atoms with E-state index >= 15 is 0 Å². The van der Waals surface area contributed by atoms with Crippen LogP contribution in [0.1, 0.15) is 24.9 Å². The summed E-state index contributed by atoms with van der Waals surface area (Å²) in [7, 11) is 4.14. The zero-order valence-electron chi connectivity index (χ0n) is 11.3. The molecule has 0 spiro atoms. The zero-order chi connectivity index (χ0) is 13.3. The molecule has 0 saturated carbocycles. The van der Waals surface area contributed by atoms with Crippen molar-refractivity contribution in [1.82, 2.24) is 9.80 Å². The minimum absolute atomic E-state index is 0.137. The summed E-state index contributed by atoms with van der Waals surface area (Å²) in [5.74, 6) is 0.140. The second-order valence-corrected chi connectivity index (χ2v) is 5.14. The van der Waals surface area contributed by atoms with E-state index < -0.39 is 0 Å². The molecule has 1 aromatic rings. The molecule has 4 nitrogen and oxygen atoms in total. The molecular formula is C14H21N3O. The number of likely N-dealkylation sites (N-methyl/N-ethyl adjacent to an activating group) is 1. The van der Waals surface area contributed by atoms with Gasteiger partial charge in [0, 0.05) is 25.2 Å². The summed E-state index contributed by atoms with van der Waals surface area (Å²) < 4.78 is 0. The highest BCUT2D eigenvalue weighted by Crippen LogP contribution is 2.34. The van der Waals surface area contributed by atoms with E-state index in [0.717, 1.165) is 24.2 Å². The fourth-order valence-corrected chi connectivity index (χ4v) is 2.77. The molecule has 1 aliphatic heterocycles. The molecule has 1 amide bonds. The molecule has 98 valence electrons. The van der Waals surface area contributed by atoms with Crippen molar-refractivity contribution in [3.8, 4) is 0 Å². The van der Waals surface area contributed by atoms with Crippen molar-refractivity contribution in [2.24, 2.45) is 0 Å². The molecule has 2 atom stereocenters. The molecule has 0 aliphatic carbocycles. The van der Waals surface area contributed by atoms with Crippen molar-refractivity contribution in [3.63, 3.8) is 0 Å². The third kappa shape index (κ3) is 2.34. The lowest BCUT2D eigenvalue weighted by atomic mass is 9.99. The molecule has 2 N–H and O–H groups in total. The quantitative estimate of drug-likeness (QED) is 0.806. The highest BCUT2D eigenvalue weighted by molar-refractivity contribution is 5.74. The number of rotatable bonds is 2. The summed E-state index contributed by atoms with van der Waals surface area (Å²) in [5.41, 5.74) is 7.64. The van der Waals surface area contributed by atoms with Gasteiger partial charge in [0.05, 0.1) is 6.04 Å². The third-order valence-corrected chi connectivity index (χ3v) is 3.71. The summed E-state index contributed by atoms with van der Waals surface area (Å²) in [6.07, 6.45) is 1.02. The number of benzene rings is 1. The Hall–Kier alpha value is -1.55. The summed E-state index contributed by atoms with van der Waals surface area (Å²) in [6, 6.07) is 8.36. The van der Waals surface area contributed by atoms with Crippen LogP contribution < -0.4 is 5.73 Å². The van der Waals surface area contributed by atoms with Gasteiger partial charge in [0.2, 0.25) is 5.91 Å². The Morgan fingerprint density at radius 1 is 1.33 bits per heavy atom. The van der Waals surface area contributed by atoms with Crippen LogP contribution in [0, 0.1) is 0 Å². The first-order chi connectivity index (χ1) is 8.50. The van der Waals surface area contributed by atoms with Gasteiger partial charge >= 0.3 is 0 Å². The van der Waals surface area contributed by atoms with Crippen molar-refractivity contribution in [1.29, 1.82) is 0 Å². The van der Waals surface area contributed by atoms with Crippen molar-refractivity contribution >= 4 is 11.6 Å². The minimum Gasteiger partial charge on any atom is -0.399 e. The van der Waals surface area contributed by atoms with E-state index in [9.17, 15) is 4.79 Å². The molecule has 1 heterocycles. The van der Waals surface area contributed by atoms with Gasteiger partial charge in [-0.2, -0.15) is 0 Å². The van der Waals surface area contributed by atoms with Gasteiger partial charge in [0.1, 0.15) is 0 Å². The van der Waals surface area contributed by atoms with Gasteiger partial charge in [-0.25, -0.2) is 0 Å². The number of nitrogens with two attached hydrogens (primary N) is 1. The number of carbonyl (C=O) groups is 1. The highest BCUT2D eigenvalue weighted by atomic mass is 16.2. The van der Waals surface area contributed by atoms with Crippen molar-refractivity contribution in [2.45, 2.75) is 25.4 Å². The Kier molecular flexibility index (Phi) is 3.57. The second-order valence-electron chi connectivity index (χ2n) is 5.14. The minimum atomic E-state index is 0.137. The molecule has 1 aromatic carbocycles.